The van der Waals surface area contributed by atoms with E-state index in [0.29, 0.717) is 11.1 Å². The summed E-state index contributed by atoms with van der Waals surface area (Å²) in [6, 6.07) is 17.0. The standard InChI is InChI=1S/4C8H8O3.Ti/c4*1-5-6(8(10)11)3-2-4-7(5)9;/h4*2-4,9H,1H3,(H,10,11);/q;;;;+4/p-4. The zero-order valence-corrected chi connectivity index (χ0v) is 26.0. The molecule has 13 heteroatoms. The monoisotopic (exact) mass is 652 g/mol. The van der Waals surface area contributed by atoms with Crippen molar-refractivity contribution in [3.05, 3.63) is 117 Å². The minimum Gasteiger partial charge on any atom is -0.872 e. The fourth-order valence-electron chi connectivity index (χ4n) is 3.38. The Kier molecular flexibility index (Phi) is 16.2. The van der Waals surface area contributed by atoms with Gasteiger partial charge >= 0.3 is 33.7 Å². The molecule has 0 unspecified atom stereocenters. The average Bonchev–Trinajstić information content (AvgIpc) is 2.95. The molecule has 4 rings (SSSR count). The van der Waals surface area contributed by atoms with Crippen molar-refractivity contribution in [2.24, 2.45) is 0 Å². The van der Waals surface area contributed by atoms with Crippen LogP contribution in [-0.2, 0) is 21.7 Å². The predicted molar refractivity (Wildman–Crippen MR) is 150 cm³/mol. The van der Waals surface area contributed by atoms with E-state index >= 15 is 0 Å². The fourth-order valence-corrected chi connectivity index (χ4v) is 3.38. The van der Waals surface area contributed by atoms with E-state index in [-0.39, 0.29) is 78.1 Å². The Hall–Kier alpha value is -5.33. The number of hydrogen-bond acceptors (Lipinski definition) is 10. The molecule has 0 radical (unpaired) electrons. The number of aromatic carboxylic acids is 4. The SMILES string of the molecule is Cc1c(O)cccc1C(=O)O.Cc1c(O)cccc1C(=O)O.Cc1c([O-])cccc1C(=O)[O-].Cc1c([O-])cccc1C(=O)[O-].[Ti+4]. The topological polar surface area (TPSA) is 241 Å². The molecule has 12 nitrogen and oxygen atoms in total. The first-order chi connectivity index (χ1) is 20.5. The van der Waals surface area contributed by atoms with Crippen LogP contribution in [0.15, 0.2) is 72.8 Å². The number of hydrogen-bond donors (Lipinski definition) is 4. The Balaban J connectivity index is 0.000000569. The first kappa shape index (κ1) is 39.7. The van der Waals surface area contributed by atoms with E-state index in [2.05, 4.69) is 0 Å². The molecule has 232 valence electrons. The summed E-state index contributed by atoms with van der Waals surface area (Å²) in [5.41, 5.74) is 1.49. The third kappa shape index (κ3) is 11.7. The van der Waals surface area contributed by atoms with Crippen molar-refractivity contribution >= 4 is 23.9 Å². The van der Waals surface area contributed by atoms with Crippen LogP contribution in [0.1, 0.15) is 63.7 Å². The van der Waals surface area contributed by atoms with Crippen LogP contribution >= 0.6 is 0 Å². The molecule has 4 aromatic carbocycles. The van der Waals surface area contributed by atoms with Crippen LogP contribution in [0.4, 0.5) is 0 Å². The van der Waals surface area contributed by atoms with E-state index in [4.69, 9.17) is 20.4 Å². The normalized spacial score (nSPS) is 9.33. The summed E-state index contributed by atoms with van der Waals surface area (Å²) < 4.78 is 0. The Morgan fingerprint density at radius 2 is 0.756 bits per heavy atom. The van der Waals surface area contributed by atoms with E-state index in [1.54, 1.807) is 13.8 Å². The molecule has 0 saturated carbocycles. The van der Waals surface area contributed by atoms with E-state index in [0.717, 1.165) is 0 Å². The molecule has 0 aromatic heterocycles. The second kappa shape index (κ2) is 18.4. The van der Waals surface area contributed by atoms with Crippen LogP contribution in [0.3, 0.4) is 0 Å². The summed E-state index contributed by atoms with van der Waals surface area (Å²) in [4.78, 5) is 41.6. The minimum atomic E-state index is -1.31. The Morgan fingerprint density at radius 3 is 0.978 bits per heavy atom. The van der Waals surface area contributed by atoms with Crippen LogP contribution in [0, 0.1) is 27.7 Å². The molecule has 4 aromatic rings. The number of carbonyl (C=O) groups excluding carboxylic acids is 2. The third-order valence-corrected chi connectivity index (χ3v) is 6.08. The van der Waals surface area contributed by atoms with E-state index < -0.39 is 23.9 Å². The summed E-state index contributed by atoms with van der Waals surface area (Å²) >= 11 is 0. The zero-order valence-electron chi connectivity index (χ0n) is 24.5. The van der Waals surface area contributed by atoms with E-state index in [1.807, 2.05) is 0 Å². The van der Waals surface area contributed by atoms with E-state index in [1.165, 1.54) is 86.6 Å². The molecule has 0 aliphatic heterocycles. The number of carboxylic acid groups (broad SMARTS) is 4. The van der Waals surface area contributed by atoms with Gasteiger partial charge in [-0.2, -0.15) is 0 Å². The van der Waals surface area contributed by atoms with Crippen LogP contribution in [-0.4, -0.2) is 44.3 Å². The molecule has 4 N–H and O–H groups in total. The molecule has 0 spiro atoms. The van der Waals surface area contributed by atoms with Gasteiger partial charge in [-0.05, 0) is 74.2 Å². The summed E-state index contributed by atoms with van der Waals surface area (Å²) in [7, 11) is 0. The first-order valence-corrected chi connectivity index (χ1v) is 12.5. The summed E-state index contributed by atoms with van der Waals surface area (Å²) in [5, 5.41) is 77.7. The Labute approximate surface area is 273 Å². The number of benzene rings is 4. The van der Waals surface area contributed by atoms with Crippen molar-refractivity contribution < 1.29 is 81.7 Å². The molecule has 0 amide bonds. The maximum atomic E-state index is 10.9. The molecule has 0 saturated heterocycles. The van der Waals surface area contributed by atoms with Gasteiger partial charge in [0.05, 0.1) is 23.1 Å². The average molecular weight is 652 g/mol. The summed E-state index contributed by atoms with van der Waals surface area (Å²) in [6.07, 6.45) is 0. The van der Waals surface area contributed by atoms with Gasteiger partial charge in [-0.25, -0.2) is 9.59 Å². The van der Waals surface area contributed by atoms with Gasteiger partial charge in [0.25, 0.3) is 0 Å². The maximum absolute atomic E-state index is 10.9. The smallest absolute Gasteiger partial charge is 0.872 e. The first-order valence-electron chi connectivity index (χ1n) is 12.5. The number of aromatic hydroxyl groups is 2. The van der Waals surface area contributed by atoms with Crippen molar-refractivity contribution in [2.75, 3.05) is 0 Å². The van der Waals surface area contributed by atoms with Gasteiger partial charge in [0.2, 0.25) is 0 Å². The second-order valence-electron chi connectivity index (χ2n) is 8.94. The molecule has 0 atom stereocenters. The van der Waals surface area contributed by atoms with Gasteiger partial charge in [0, 0.05) is 11.1 Å². The van der Waals surface area contributed by atoms with Crippen LogP contribution in [0.25, 0.3) is 0 Å². The van der Waals surface area contributed by atoms with Gasteiger partial charge in [-0.15, -0.1) is 11.5 Å². The second-order valence-corrected chi connectivity index (χ2v) is 8.94. The predicted octanol–water partition coefficient (Wildman–Crippen LogP) is 1.66. The molecule has 0 aliphatic rings. The molecular formula is C32H28O12Ti. The van der Waals surface area contributed by atoms with Gasteiger partial charge in [0.15, 0.2) is 0 Å². The number of carboxylic acids is 4. The number of carbonyl (C=O) groups is 4. The fraction of sp³-hybridized carbons (Fsp3) is 0.125. The minimum absolute atomic E-state index is 0. The molecule has 0 bridgehead atoms. The molecule has 0 heterocycles. The number of phenols is 2. The van der Waals surface area contributed by atoms with Crippen LogP contribution in [0.2, 0.25) is 0 Å². The van der Waals surface area contributed by atoms with Crippen LogP contribution in [0.5, 0.6) is 23.0 Å². The van der Waals surface area contributed by atoms with Crippen molar-refractivity contribution in [3.63, 3.8) is 0 Å². The quantitative estimate of drug-likeness (QED) is 0.230. The van der Waals surface area contributed by atoms with Gasteiger partial charge in [-0.1, -0.05) is 48.5 Å². The largest absolute Gasteiger partial charge is 4.00 e. The number of phenolic OH excluding ortho intramolecular Hbond substituents is 2. The van der Waals surface area contributed by atoms with E-state index in [9.17, 15) is 39.6 Å². The van der Waals surface area contributed by atoms with Gasteiger partial charge < -0.3 is 50.4 Å². The molecular weight excluding hydrogens is 624 g/mol. The van der Waals surface area contributed by atoms with Gasteiger partial charge in [0.1, 0.15) is 11.5 Å². The third-order valence-electron chi connectivity index (χ3n) is 6.08. The zero-order chi connectivity index (χ0) is 33.7. The van der Waals surface area contributed by atoms with Crippen molar-refractivity contribution in [1.82, 2.24) is 0 Å². The van der Waals surface area contributed by atoms with Crippen molar-refractivity contribution in [1.29, 1.82) is 0 Å². The van der Waals surface area contributed by atoms with Crippen molar-refractivity contribution in [2.45, 2.75) is 27.7 Å². The molecule has 45 heavy (non-hydrogen) atoms. The molecule has 0 aliphatic carbocycles. The Morgan fingerprint density at radius 1 is 0.489 bits per heavy atom. The summed E-state index contributed by atoms with van der Waals surface area (Å²) in [5.74, 6) is -5.15. The summed E-state index contributed by atoms with van der Waals surface area (Å²) in [6.45, 7) is 6.07. The Bertz CT molecular complexity index is 1420. The molecule has 0 fully saturated rings. The van der Waals surface area contributed by atoms with Crippen LogP contribution < -0.4 is 20.4 Å². The van der Waals surface area contributed by atoms with Crippen molar-refractivity contribution in [3.8, 4) is 23.0 Å². The van der Waals surface area contributed by atoms with Gasteiger partial charge in [-0.3, -0.25) is 0 Å². The number of rotatable bonds is 4. The maximum Gasteiger partial charge on any atom is 4.00 e.